The highest BCUT2D eigenvalue weighted by atomic mass is 16.6. The second-order valence-corrected chi connectivity index (χ2v) is 4.92. The molecule has 21 heavy (non-hydrogen) atoms. The molecule has 0 unspecified atom stereocenters. The number of benzene rings is 2. The molecule has 1 N–H and O–H groups in total. The second-order valence-electron chi connectivity index (χ2n) is 4.92. The minimum Gasteiger partial charge on any atom is -0.508 e. The number of ether oxygens (including phenoxy) is 1. The van der Waals surface area contributed by atoms with Gasteiger partial charge in [-0.05, 0) is 30.2 Å². The first-order valence-corrected chi connectivity index (χ1v) is 6.80. The number of hydrogen-bond donors (Lipinski definition) is 1. The molecule has 0 spiro atoms. The first-order valence-electron chi connectivity index (χ1n) is 6.80. The van der Waals surface area contributed by atoms with Crippen LogP contribution < -0.4 is 0 Å². The van der Waals surface area contributed by atoms with Gasteiger partial charge >= 0.3 is 6.09 Å². The minimum absolute atomic E-state index is 0.131. The SMILES string of the molecule is C[C@@H](c1ccc(O)cc1)N(C)C(=O)OCc1ccccc1. The van der Waals surface area contributed by atoms with E-state index in [0.29, 0.717) is 0 Å². The first kappa shape index (κ1) is 14.9. The van der Waals surface area contributed by atoms with Gasteiger partial charge in [0.05, 0.1) is 6.04 Å². The summed E-state index contributed by atoms with van der Waals surface area (Å²) < 4.78 is 5.29. The van der Waals surface area contributed by atoms with Crippen LogP contribution in [0.3, 0.4) is 0 Å². The molecule has 4 heteroatoms. The molecule has 0 heterocycles. The Balaban J connectivity index is 1.94. The van der Waals surface area contributed by atoms with Crippen LogP contribution in [0.15, 0.2) is 54.6 Å². The molecule has 0 aliphatic heterocycles. The molecule has 4 nitrogen and oxygen atoms in total. The largest absolute Gasteiger partial charge is 0.508 e. The van der Waals surface area contributed by atoms with Crippen molar-refractivity contribution in [2.75, 3.05) is 7.05 Å². The van der Waals surface area contributed by atoms with Crippen LogP contribution in [0.4, 0.5) is 4.79 Å². The minimum atomic E-state index is -0.376. The third-order valence-electron chi connectivity index (χ3n) is 3.45. The van der Waals surface area contributed by atoms with Crippen LogP contribution in [0.25, 0.3) is 0 Å². The summed E-state index contributed by atoms with van der Waals surface area (Å²) in [6.45, 7) is 2.17. The summed E-state index contributed by atoms with van der Waals surface area (Å²) in [5.74, 6) is 0.209. The van der Waals surface area contributed by atoms with Gasteiger partial charge in [-0.1, -0.05) is 42.5 Å². The van der Waals surface area contributed by atoms with Crippen molar-refractivity contribution in [1.82, 2.24) is 4.90 Å². The predicted molar refractivity (Wildman–Crippen MR) is 80.9 cm³/mol. The lowest BCUT2D eigenvalue weighted by Gasteiger charge is -2.24. The number of carbonyl (C=O) groups excluding carboxylic acids is 1. The van der Waals surface area contributed by atoms with Crippen LogP contribution >= 0.6 is 0 Å². The molecule has 0 aliphatic rings. The maximum atomic E-state index is 12.1. The van der Waals surface area contributed by atoms with Crippen LogP contribution in [0.1, 0.15) is 24.1 Å². The van der Waals surface area contributed by atoms with Crippen LogP contribution in [0, 0.1) is 0 Å². The van der Waals surface area contributed by atoms with E-state index in [0.717, 1.165) is 11.1 Å². The van der Waals surface area contributed by atoms with Gasteiger partial charge in [0.1, 0.15) is 12.4 Å². The van der Waals surface area contributed by atoms with Crippen molar-refractivity contribution in [2.45, 2.75) is 19.6 Å². The maximum Gasteiger partial charge on any atom is 0.410 e. The smallest absolute Gasteiger partial charge is 0.410 e. The Hall–Kier alpha value is -2.49. The number of aromatic hydroxyl groups is 1. The average Bonchev–Trinajstić information content (AvgIpc) is 2.53. The summed E-state index contributed by atoms with van der Waals surface area (Å²) in [6.07, 6.45) is -0.376. The van der Waals surface area contributed by atoms with E-state index < -0.39 is 0 Å². The van der Waals surface area contributed by atoms with Gasteiger partial charge in [-0.2, -0.15) is 0 Å². The highest BCUT2D eigenvalue weighted by Gasteiger charge is 2.18. The summed E-state index contributed by atoms with van der Waals surface area (Å²) in [5.41, 5.74) is 1.89. The van der Waals surface area contributed by atoms with Crippen LogP contribution in [-0.4, -0.2) is 23.1 Å². The normalized spacial score (nSPS) is 11.7. The van der Waals surface area contributed by atoms with Crippen molar-refractivity contribution in [1.29, 1.82) is 0 Å². The molecular formula is C17H19NO3. The number of hydrogen-bond acceptors (Lipinski definition) is 3. The van der Waals surface area contributed by atoms with E-state index in [1.807, 2.05) is 37.3 Å². The van der Waals surface area contributed by atoms with Gasteiger partial charge in [-0.25, -0.2) is 4.79 Å². The van der Waals surface area contributed by atoms with Gasteiger partial charge in [0.2, 0.25) is 0 Å². The monoisotopic (exact) mass is 285 g/mol. The molecule has 0 saturated carbocycles. The second kappa shape index (κ2) is 6.79. The topological polar surface area (TPSA) is 49.8 Å². The van der Waals surface area contributed by atoms with E-state index in [4.69, 9.17) is 4.74 Å². The maximum absolute atomic E-state index is 12.1. The Morgan fingerprint density at radius 2 is 1.76 bits per heavy atom. The Bertz CT molecular complexity index is 581. The fourth-order valence-electron chi connectivity index (χ4n) is 1.96. The summed E-state index contributed by atoms with van der Waals surface area (Å²) in [7, 11) is 1.70. The van der Waals surface area contributed by atoms with Gasteiger partial charge in [-0.15, -0.1) is 0 Å². The van der Waals surface area contributed by atoms with E-state index >= 15 is 0 Å². The summed E-state index contributed by atoms with van der Waals surface area (Å²) in [6, 6.07) is 16.2. The molecule has 1 atom stereocenters. The zero-order valence-corrected chi connectivity index (χ0v) is 12.2. The standard InChI is InChI=1S/C17H19NO3/c1-13(15-8-10-16(19)11-9-15)18(2)17(20)21-12-14-6-4-3-5-7-14/h3-11,13,19H,12H2,1-2H3/t13-/m0/s1. The highest BCUT2D eigenvalue weighted by Crippen LogP contribution is 2.21. The van der Waals surface area contributed by atoms with Crippen molar-refractivity contribution in [2.24, 2.45) is 0 Å². The van der Waals surface area contributed by atoms with E-state index in [9.17, 15) is 9.90 Å². The summed E-state index contributed by atoms with van der Waals surface area (Å²) in [4.78, 5) is 13.6. The van der Waals surface area contributed by atoms with Gasteiger partial charge < -0.3 is 14.7 Å². The first-order chi connectivity index (χ1) is 10.1. The molecule has 2 aromatic rings. The molecule has 0 saturated heterocycles. The number of carbonyl (C=O) groups is 1. The Morgan fingerprint density at radius 1 is 1.14 bits per heavy atom. The summed E-state index contributed by atoms with van der Waals surface area (Å²) in [5, 5.41) is 9.29. The number of rotatable bonds is 4. The van der Waals surface area contributed by atoms with Crippen molar-refractivity contribution in [3.05, 3.63) is 65.7 Å². The van der Waals surface area contributed by atoms with E-state index in [1.54, 1.807) is 31.3 Å². The Labute approximate surface area is 124 Å². The van der Waals surface area contributed by atoms with E-state index in [1.165, 1.54) is 4.90 Å². The Kier molecular flexibility index (Phi) is 4.82. The highest BCUT2D eigenvalue weighted by molar-refractivity contribution is 5.68. The molecule has 2 rings (SSSR count). The van der Waals surface area contributed by atoms with Crippen molar-refractivity contribution in [3.63, 3.8) is 0 Å². The number of phenols is 1. The number of phenolic OH excluding ortho intramolecular Hbond substituents is 1. The van der Waals surface area contributed by atoms with Gasteiger partial charge in [0, 0.05) is 7.05 Å². The lowest BCUT2D eigenvalue weighted by atomic mass is 10.1. The third-order valence-corrected chi connectivity index (χ3v) is 3.45. The molecule has 0 bridgehead atoms. The molecule has 110 valence electrons. The van der Waals surface area contributed by atoms with Crippen molar-refractivity contribution >= 4 is 6.09 Å². The Morgan fingerprint density at radius 3 is 2.38 bits per heavy atom. The molecule has 1 amide bonds. The number of amides is 1. The van der Waals surface area contributed by atoms with Gasteiger partial charge in [-0.3, -0.25) is 0 Å². The zero-order chi connectivity index (χ0) is 15.2. The molecule has 0 radical (unpaired) electrons. The molecule has 0 aromatic heterocycles. The lowest BCUT2D eigenvalue weighted by molar-refractivity contribution is 0.0934. The van der Waals surface area contributed by atoms with Gasteiger partial charge in [0.25, 0.3) is 0 Å². The average molecular weight is 285 g/mol. The quantitative estimate of drug-likeness (QED) is 0.931. The van der Waals surface area contributed by atoms with E-state index in [-0.39, 0.29) is 24.5 Å². The zero-order valence-electron chi connectivity index (χ0n) is 12.2. The molecule has 0 fully saturated rings. The molecule has 2 aromatic carbocycles. The van der Waals surface area contributed by atoms with Crippen LogP contribution in [0.5, 0.6) is 5.75 Å². The summed E-state index contributed by atoms with van der Waals surface area (Å²) >= 11 is 0. The fourth-order valence-corrected chi connectivity index (χ4v) is 1.96. The van der Waals surface area contributed by atoms with Gasteiger partial charge in [0.15, 0.2) is 0 Å². The molecule has 0 aliphatic carbocycles. The lowest BCUT2D eigenvalue weighted by Crippen LogP contribution is -2.30. The fraction of sp³-hybridized carbons (Fsp3) is 0.235. The van der Waals surface area contributed by atoms with Crippen LogP contribution in [-0.2, 0) is 11.3 Å². The van der Waals surface area contributed by atoms with Crippen molar-refractivity contribution < 1.29 is 14.6 Å². The predicted octanol–water partition coefficient (Wildman–Crippen LogP) is 3.72. The van der Waals surface area contributed by atoms with E-state index in [2.05, 4.69) is 0 Å². The number of nitrogens with zero attached hydrogens (tertiary/aromatic N) is 1. The van der Waals surface area contributed by atoms with Crippen LogP contribution in [0.2, 0.25) is 0 Å². The molecular weight excluding hydrogens is 266 g/mol. The third kappa shape index (κ3) is 3.99. The van der Waals surface area contributed by atoms with Crippen molar-refractivity contribution in [3.8, 4) is 5.75 Å².